The Morgan fingerprint density at radius 1 is 1.29 bits per heavy atom. The van der Waals surface area contributed by atoms with Gasteiger partial charge in [0.15, 0.2) is 5.75 Å². The Kier molecular flexibility index (Phi) is 4.33. The van der Waals surface area contributed by atoms with E-state index in [9.17, 15) is 4.79 Å². The van der Waals surface area contributed by atoms with Gasteiger partial charge in [-0.1, -0.05) is 44.0 Å². The van der Waals surface area contributed by atoms with Gasteiger partial charge in [0.2, 0.25) is 0 Å². The van der Waals surface area contributed by atoms with E-state index in [4.69, 9.17) is 27.9 Å². The fourth-order valence-corrected chi connectivity index (χ4v) is 4.81. The molecule has 0 heterocycles. The van der Waals surface area contributed by atoms with E-state index < -0.39 is 0 Å². The third-order valence-electron chi connectivity index (χ3n) is 6.27. The van der Waals surface area contributed by atoms with E-state index >= 15 is 0 Å². The maximum absolute atomic E-state index is 12.4. The number of hydrazone groups is 1. The maximum Gasteiger partial charge on any atom is 0.271 e. The maximum atomic E-state index is 12.4. The summed E-state index contributed by atoms with van der Waals surface area (Å²) < 4.78 is 5.10. The second-order valence-corrected chi connectivity index (χ2v) is 8.28. The summed E-state index contributed by atoms with van der Waals surface area (Å²) in [6.45, 7) is 6.86. The summed E-state index contributed by atoms with van der Waals surface area (Å²) in [6, 6.07) is 3.07. The first kappa shape index (κ1) is 17.6. The van der Waals surface area contributed by atoms with Gasteiger partial charge in [-0.05, 0) is 42.7 Å². The van der Waals surface area contributed by atoms with Gasteiger partial charge in [-0.2, -0.15) is 5.10 Å². The molecule has 1 aromatic rings. The minimum Gasteiger partial charge on any atom is -0.494 e. The minimum absolute atomic E-state index is 0.0557. The molecule has 2 aliphatic carbocycles. The van der Waals surface area contributed by atoms with Crippen LogP contribution in [0.25, 0.3) is 0 Å². The van der Waals surface area contributed by atoms with E-state index in [2.05, 4.69) is 31.3 Å². The van der Waals surface area contributed by atoms with Crippen molar-refractivity contribution in [3.8, 4) is 5.75 Å². The highest BCUT2D eigenvalue weighted by Crippen LogP contribution is 2.63. The number of ether oxygens (including phenoxy) is 1. The molecule has 1 N–H and O–H groups in total. The van der Waals surface area contributed by atoms with E-state index in [1.54, 1.807) is 0 Å². The molecule has 0 aliphatic heterocycles. The molecule has 0 radical (unpaired) electrons. The minimum atomic E-state index is -0.321. The van der Waals surface area contributed by atoms with Crippen LogP contribution in [-0.4, -0.2) is 18.7 Å². The summed E-state index contributed by atoms with van der Waals surface area (Å²) in [5.74, 6) is 0.685. The van der Waals surface area contributed by atoms with E-state index in [1.165, 1.54) is 25.7 Å². The molecule has 1 aromatic carbocycles. The number of nitrogens with zero attached hydrogens (tertiary/aromatic N) is 1. The SMILES string of the molecule is COc1c(Cl)cc(C(=O)N/N=C2/C[C@H]3CC[C@@]2(C)C3(C)C)cc1Cl. The molecular formula is C18H22Cl2N2O2. The van der Waals surface area contributed by atoms with Gasteiger partial charge in [-0.25, -0.2) is 5.43 Å². The molecule has 2 fully saturated rings. The summed E-state index contributed by atoms with van der Waals surface area (Å²) in [5.41, 5.74) is 4.40. The number of hydrogen-bond donors (Lipinski definition) is 1. The summed E-state index contributed by atoms with van der Waals surface area (Å²) in [7, 11) is 1.48. The van der Waals surface area contributed by atoms with Gasteiger partial charge < -0.3 is 4.74 Å². The highest BCUT2D eigenvalue weighted by molar-refractivity contribution is 6.37. The van der Waals surface area contributed by atoms with Gasteiger partial charge in [0.05, 0.1) is 17.2 Å². The first-order chi connectivity index (χ1) is 11.2. The van der Waals surface area contributed by atoms with Crippen molar-refractivity contribution in [3.63, 3.8) is 0 Å². The number of nitrogens with one attached hydrogen (secondary N) is 1. The predicted molar refractivity (Wildman–Crippen MR) is 97.1 cm³/mol. The van der Waals surface area contributed by atoms with Crippen LogP contribution in [0, 0.1) is 16.7 Å². The number of amides is 1. The largest absolute Gasteiger partial charge is 0.494 e. The van der Waals surface area contributed by atoms with Crippen LogP contribution in [-0.2, 0) is 0 Å². The lowest BCUT2D eigenvalue weighted by Crippen LogP contribution is -2.34. The Bertz CT molecular complexity index is 707. The number of carbonyl (C=O) groups is 1. The second kappa shape index (κ2) is 5.92. The van der Waals surface area contributed by atoms with Gasteiger partial charge in [0.25, 0.3) is 5.91 Å². The van der Waals surface area contributed by atoms with Crippen molar-refractivity contribution in [2.45, 2.75) is 40.0 Å². The Morgan fingerprint density at radius 3 is 2.38 bits per heavy atom. The first-order valence-corrected chi connectivity index (χ1v) is 8.86. The first-order valence-electron chi connectivity index (χ1n) is 8.11. The average Bonchev–Trinajstić information content (AvgIpc) is 2.85. The van der Waals surface area contributed by atoms with Crippen LogP contribution >= 0.6 is 23.2 Å². The van der Waals surface area contributed by atoms with Crippen molar-refractivity contribution in [3.05, 3.63) is 27.7 Å². The van der Waals surface area contributed by atoms with Crippen LogP contribution in [0.2, 0.25) is 10.0 Å². The molecule has 2 atom stereocenters. The van der Waals surface area contributed by atoms with Crippen LogP contribution in [0.1, 0.15) is 50.4 Å². The molecule has 0 aromatic heterocycles. The summed E-state index contributed by atoms with van der Waals surface area (Å²) in [6.07, 6.45) is 3.31. The third-order valence-corrected chi connectivity index (χ3v) is 6.83. The highest BCUT2D eigenvalue weighted by atomic mass is 35.5. The molecular weight excluding hydrogens is 347 g/mol. The monoisotopic (exact) mass is 368 g/mol. The number of carbonyl (C=O) groups excluding carboxylic acids is 1. The quantitative estimate of drug-likeness (QED) is 0.768. The number of fused-ring (bicyclic) bond motifs is 2. The number of halogens is 2. The zero-order valence-corrected chi connectivity index (χ0v) is 15.9. The van der Waals surface area contributed by atoms with Crippen LogP contribution in [0.15, 0.2) is 17.2 Å². The molecule has 2 aliphatic rings. The molecule has 130 valence electrons. The van der Waals surface area contributed by atoms with Gasteiger partial charge in [-0.15, -0.1) is 0 Å². The van der Waals surface area contributed by atoms with E-state index in [0.29, 0.717) is 27.3 Å². The zero-order chi connectivity index (χ0) is 17.7. The zero-order valence-electron chi connectivity index (χ0n) is 14.4. The molecule has 1 amide bonds. The van der Waals surface area contributed by atoms with Crippen LogP contribution in [0.3, 0.4) is 0 Å². The molecule has 4 nitrogen and oxygen atoms in total. The lowest BCUT2D eigenvalue weighted by molar-refractivity contribution is 0.0954. The van der Waals surface area contributed by atoms with Gasteiger partial charge in [0, 0.05) is 16.7 Å². The standard InChI is InChI=1S/C18H22Cl2N2O2/c1-17(2)11-5-6-18(17,3)14(9-11)21-22-16(23)10-7-12(19)15(24-4)13(20)8-10/h7-8,11H,5-6,9H2,1-4H3,(H,22,23)/b21-14-/t11-,18-/m1/s1. The van der Waals surface area contributed by atoms with Crippen molar-refractivity contribution in [2.75, 3.05) is 7.11 Å². The van der Waals surface area contributed by atoms with Crippen molar-refractivity contribution in [1.29, 1.82) is 0 Å². The topological polar surface area (TPSA) is 50.7 Å². The van der Waals surface area contributed by atoms with Gasteiger partial charge >= 0.3 is 0 Å². The summed E-state index contributed by atoms with van der Waals surface area (Å²) in [4.78, 5) is 12.4. The number of benzene rings is 1. The third kappa shape index (κ3) is 2.51. The Hall–Kier alpha value is -1.26. The normalized spacial score (nSPS) is 29.1. The van der Waals surface area contributed by atoms with Crippen molar-refractivity contribution in [1.82, 2.24) is 5.43 Å². The lowest BCUT2D eigenvalue weighted by Gasteiger charge is -2.34. The molecule has 2 saturated carbocycles. The van der Waals surface area contributed by atoms with E-state index in [-0.39, 0.29) is 16.7 Å². The van der Waals surface area contributed by atoms with Crippen molar-refractivity contribution < 1.29 is 9.53 Å². The Morgan fingerprint density at radius 2 is 1.92 bits per heavy atom. The van der Waals surface area contributed by atoms with E-state index in [1.807, 2.05) is 0 Å². The lowest BCUT2D eigenvalue weighted by atomic mass is 9.70. The molecule has 6 heteroatoms. The molecule has 2 bridgehead atoms. The number of methoxy groups -OCH3 is 1. The Balaban J connectivity index is 1.80. The molecule has 0 spiro atoms. The van der Waals surface area contributed by atoms with Gasteiger partial charge in [0.1, 0.15) is 0 Å². The van der Waals surface area contributed by atoms with Crippen LogP contribution in [0.4, 0.5) is 0 Å². The number of rotatable bonds is 3. The predicted octanol–water partition coefficient (Wildman–Crippen LogP) is 4.93. The smallest absolute Gasteiger partial charge is 0.271 e. The average molecular weight is 369 g/mol. The van der Waals surface area contributed by atoms with Crippen LogP contribution in [0.5, 0.6) is 5.75 Å². The van der Waals surface area contributed by atoms with Crippen molar-refractivity contribution in [2.24, 2.45) is 21.8 Å². The molecule has 24 heavy (non-hydrogen) atoms. The highest BCUT2D eigenvalue weighted by Gasteiger charge is 2.60. The summed E-state index contributed by atoms with van der Waals surface area (Å²) in [5, 5.41) is 5.05. The fourth-order valence-electron chi connectivity index (χ4n) is 4.17. The van der Waals surface area contributed by atoms with E-state index in [0.717, 1.165) is 18.6 Å². The Labute approximate surface area is 152 Å². The van der Waals surface area contributed by atoms with Gasteiger partial charge in [-0.3, -0.25) is 4.79 Å². The molecule has 3 rings (SSSR count). The summed E-state index contributed by atoms with van der Waals surface area (Å²) >= 11 is 12.2. The fraction of sp³-hybridized carbons (Fsp3) is 0.556. The second-order valence-electron chi connectivity index (χ2n) is 7.47. The van der Waals surface area contributed by atoms with Crippen molar-refractivity contribution >= 4 is 34.8 Å². The van der Waals surface area contributed by atoms with Crippen LogP contribution < -0.4 is 10.2 Å². The molecule has 0 unspecified atom stereocenters. The molecule has 0 saturated heterocycles. The number of hydrogen-bond acceptors (Lipinski definition) is 3.